The standard InChI is InChI=1S/C19H26N2O3/c1-16(18-11-7-14-24-18)20-19(22)21(13-15-23-2)12-6-10-17-8-4-3-5-9-17/h3-5,7-9,11,14,16H,6,10,12-13,15H2,1-2H3,(H,20,22). The summed E-state index contributed by atoms with van der Waals surface area (Å²) >= 11 is 0. The van der Waals surface area contributed by atoms with E-state index in [1.165, 1.54) is 5.56 Å². The van der Waals surface area contributed by atoms with Crippen LogP contribution in [0, 0.1) is 0 Å². The van der Waals surface area contributed by atoms with Crippen molar-refractivity contribution in [2.45, 2.75) is 25.8 Å². The number of aryl methyl sites for hydroxylation is 1. The second-order valence-corrected chi connectivity index (χ2v) is 5.76. The lowest BCUT2D eigenvalue weighted by atomic mass is 10.1. The fourth-order valence-electron chi connectivity index (χ4n) is 2.52. The number of nitrogens with zero attached hydrogens (tertiary/aromatic N) is 1. The van der Waals surface area contributed by atoms with Crippen LogP contribution in [0.3, 0.4) is 0 Å². The Labute approximate surface area is 143 Å². The highest BCUT2D eigenvalue weighted by Gasteiger charge is 2.17. The van der Waals surface area contributed by atoms with Gasteiger partial charge in [0.25, 0.3) is 0 Å². The van der Waals surface area contributed by atoms with Gasteiger partial charge in [0.15, 0.2) is 0 Å². The van der Waals surface area contributed by atoms with Crippen LogP contribution in [-0.4, -0.2) is 37.7 Å². The van der Waals surface area contributed by atoms with E-state index < -0.39 is 0 Å². The normalized spacial score (nSPS) is 11.9. The first-order valence-corrected chi connectivity index (χ1v) is 8.32. The van der Waals surface area contributed by atoms with Crippen LogP contribution in [0.4, 0.5) is 4.79 Å². The smallest absolute Gasteiger partial charge is 0.318 e. The Morgan fingerprint density at radius 3 is 2.67 bits per heavy atom. The van der Waals surface area contributed by atoms with E-state index in [1.807, 2.05) is 37.3 Å². The van der Waals surface area contributed by atoms with Gasteiger partial charge in [-0.1, -0.05) is 30.3 Å². The molecule has 2 aromatic rings. The number of furan rings is 1. The van der Waals surface area contributed by atoms with Crippen LogP contribution in [0.15, 0.2) is 53.1 Å². The molecule has 0 radical (unpaired) electrons. The number of rotatable bonds is 9. The number of carbonyl (C=O) groups excluding carboxylic acids is 1. The summed E-state index contributed by atoms with van der Waals surface area (Å²) in [6.07, 6.45) is 3.47. The minimum atomic E-state index is -0.160. The molecule has 1 unspecified atom stereocenters. The molecular formula is C19H26N2O3. The number of amides is 2. The van der Waals surface area contributed by atoms with E-state index in [-0.39, 0.29) is 12.1 Å². The van der Waals surface area contributed by atoms with Gasteiger partial charge >= 0.3 is 6.03 Å². The quantitative estimate of drug-likeness (QED) is 0.764. The number of methoxy groups -OCH3 is 1. The molecule has 1 heterocycles. The first kappa shape index (κ1) is 18.1. The second-order valence-electron chi connectivity index (χ2n) is 5.76. The summed E-state index contributed by atoms with van der Waals surface area (Å²) in [7, 11) is 1.64. The van der Waals surface area contributed by atoms with E-state index in [1.54, 1.807) is 18.3 Å². The summed E-state index contributed by atoms with van der Waals surface area (Å²) < 4.78 is 10.5. The van der Waals surface area contributed by atoms with Gasteiger partial charge in [0, 0.05) is 20.2 Å². The summed E-state index contributed by atoms with van der Waals surface area (Å²) in [6, 6.07) is 13.7. The summed E-state index contributed by atoms with van der Waals surface area (Å²) in [5.74, 6) is 0.749. The molecule has 0 aliphatic rings. The number of hydrogen-bond donors (Lipinski definition) is 1. The van der Waals surface area contributed by atoms with Gasteiger partial charge in [-0.15, -0.1) is 0 Å². The van der Waals surface area contributed by atoms with E-state index in [0.29, 0.717) is 19.7 Å². The van der Waals surface area contributed by atoms with E-state index >= 15 is 0 Å². The van der Waals surface area contributed by atoms with Crippen LogP contribution in [0.5, 0.6) is 0 Å². The van der Waals surface area contributed by atoms with Crippen molar-refractivity contribution in [2.24, 2.45) is 0 Å². The monoisotopic (exact) mass is 330 g/mol. The Morgan fingerprint density at radius 1 is 1.21 bits per heavy atom. The molecule has 0 fully saturated rings. The SMILES string of the molecule is COCCN(CCCc1ccccc1)C(=O)NC(C)c1ccco1. The molecule has 24 heavy (non-hydrogen) atoms. The highest BCUT2D eigenvalue weighted by molar-refractivity contribution is 5.74. The fourth-order valence-corrected chi connectivity index (χ4v) is 2.52. The molecule has 5 heteroatoms. The second kappa shape index (κ2) is 9.78. The molecule has 0 bridgehead atoms. The van der Waals surface area contributed by atoms with Crippen molar-refractivity contribution in [1.29, 1.82) is 0 Å². The Morgan fingerprint density at radius 2 is 2.00 bits per heavy atom. The molecule has 2 rings (SSSR count). The largest absolute Gasteiger partial charge is 0.467 e. The van der Waals surface area contributed by atoms with Gasteiger partial charge in [-0.3, -0.25) is 0 Å². The maximum Gasteiger partial charge on any atom is 0.318 e. The molecule has 0 saturated carbocycles. The third-order valence-corrected chi connectivity index (χ3v) is 3.90. The van der Waals surface area contributed by atoms with Gasteiger partial charge in [-0.2, -0.15) is 0 Å². The Balaban J connectivity index is 1.85. The van der Waals surface area contributed by atoms with Crippen molar-refractivity contribution in [2.75, 3.05) is 26.8 Å². The van der Waals surface area contributed by atoms with Crippen molar-refractivity contribution >= 4 is 6.03 Å². The van der Waals surface area contributed by atoms with Gasteiger partial charge in [-0.25, -0.2) is 4.79 Å². The van der Waals surface area contributed by atoms with Crippen LogP contribution >= 0.6 is 0 Å². The molecule has 1 aromatic carbocycles. The van der Waals surface area contributed by atoms with Crippen molar-refractivity contribution in [3.05, 3.63) is 60.1 Å². The van der Waals surface area contributed by atoms with Crippen LogP contribution in [0.2, 0.25) is 0 Å². The number of hydrogen-bond acceptors (Lipinski definition) is 3. The molecule has 2 amide bonds. The van der Waals surface area contributed by atoms with Crippen LogP contribution < -0.4 is 5.32 Å². The number of urea groups is 1. The first-order valence-electron chi connectivity index (χ1n) is 8.32. The first-order chi connectivity index (χ1) is 11.7. The number of nitrogens with one attached hydrogen (secondary N) is 1. The Bertz CT molecular complexity index is 584. The highest BCUT2D eigenvalue weighted by atomic mass is 16.5. The van der Waals surface area contributed by atoms with Crippen LogP contribution in [0.25, 0.3) is 0 Å². The molecule has 0 aliphatic carbocycles. The number of ether oxygens (including phenoxy) is 1. The topological polar surface area (TPSA) is 54.7 Å². The summed E-state index contributed by atoms with van der Waals surface area (Å²) in [5, 5.41) is 2.98. The predicted molar refractivity (Wildman–Crippen MR) is 93.9 cm³/mol. The Hall–Kier alpha value is -2.27. The minimum Gasteiger partial charge on any atom is -0.467 e. The third kappa shape index (κ3) is 5.74. The van der Waals surface area contributed by atoms with Crippen molar-refractivity contribution in [1.82, 2.24) is 10.2 Å². The predicted octanol–water partition coefficient (Wildman–Crippen LogP) is 3.63. The average molecular weight is 330 g/mol. The molecule has 1 atom stereocenters. The Kier molecular flexibility index (Phi) is 7.36. The molecule has 0 saturated heterocycles. The number of benzene rings is 1. The molecule has 130 valence electrons. The van der Waals surface area contributed by atoms with Crippen molar-refractivity contribution in [3.63, 3.8) is 0 Å². The molecule has 0 aliphatic heterocycles. The average Bonchev–Trinajstić information content (AvgIpc) is 3.13. The lowest BCUT2D eigenvalue weighted by Gasteiger charge is -2.24. The van der Waals surface area contributed by atoms with Crippen LogP contribution in [-0.2, 0) is 11.2 Å². The zero-order chi connectivity index (χ0) is 17.2. The fraction of sp³-hybridized carbons (Fsp3) is 0.421. The zero-order valence-electron chi connectivity index (χ0n) is 14.4. The van der Waals surface area contributed by atoms with Gasteiger partial charge in [-0.05, 0) is 37.5 Å². The lowest BCUT2D eigenvalue weighted by molar-refractivity contribution is 0.146. The molecule has 0 spiro atoms. The van der Waals surface area contributed by atoms with E-state index in [9.17, 15) is 4.79 Å². The highest BCUT2D eigenvalue weighted by Crippen LogP contribution is 2.13. The van der Waals surface area contributed by atoms with Gasteiger partial charge in [0.05, 0.1) is 18.9 Å². The van der Waals surface area contributed by atoms with Gasteiger partial charge in [0.2, 0.25) is 0 Å². The lowest BCUT2D eigenvalue weighted by Crippen LogP contribution is -2.43. The summed E-state index contributed by atoms with van der Waals surface area (Å²) in [4.78, 5) is 14.3. The molecular weight excluding hydrogens is 304 g/mol. The maximum absolute atomic E-state index is 12.5. The summed E-state index contributed by atoms with van der Waals surface area (Å²) in [6.45, 7) is 3.69. The zero-order valence-corrected chi connectivity index (χ0v) is 14.4. The maximum atomic E-state index is 12.5. The van der Waals surface area contributed by atoms with E-state index in [0.717, 1.165) is 18.6 Å². The number of carbonyl (C=O) groups is 1. The molecule has 1 aromatic heterocycles. The van der Waals surface area contributed by atoms with E-state index in [2.05, 4.69) is 17.4 Å². The third-order valence-electron chi connectivity index (χ3n) is 3.90. The minimum absolute atomic E-state index is 0.0935. The summed E-state index contributed by atoms with van der Waals surface area (Å²) in [5.41, 5.74) is 1.29. The van der Waals surface area contributed by atoms with Gasteiger partial charge < -0.3 is 19.4 Å². The van der Waals surface area contributed by atoms with Crippen molar-refractivity contribution in [3.8, 4) is 0 Å². The van der Waals surface area contributed by atoms with Crippen LogP contribution in [0.1, 0.15) is 30.7 Å². The van der Waals surface area contributed by atoms with Gasteiger partial charge in [0.1, 0.15) is 5.76 Å². The van der Waals surface area contributed by atoms with Crippen molar-refractivity contribution < 1.29 is 13.9 Å². The molecule has 5 nitrogen and oxygen atoms in total. The molecule has 1 N–H and O–H groups in total. The van der Waals surface area contributed by atoms with E-state index in [4.69, 9.17) is 9.15 Å².